The molecular weight excluding hydrogens is 270 g/mol. The van der Waals surface area contributed by atoms with E-state index in [1.54, 1.807) is 4.52 Å². The molecule has 15 heavy (non-hydrogen) atoms. The molecular formula is C3F9O2P. The van der Waals surface area contributed by atoms with Gasteiger partial charge in [-0.15, -0.1) is 13.2 Å². The minimum Gasteiger partial charge on any atom is -0.273 e. The maximum atomic E-state index is 11.5. The topological polar surface area (TPSA) is 26.3 Å². The van der Waals surface area contributed by atoms with Crippen molar-refractivity contribution in [1.82, 2.24) is 0 Å². The maximum Gasteiger partial charge on any atom is 0.528 e. The van der Waals surface area contributed by atoms with Crippen molar-refractivity contribution >= 4 is 7.37 Å². The van der Waals surface area contributed by atoms with Crippen LogP contribution in [0.5, 0.6) is 0 Å². The molecule has 2 nitrogen and oxygen atoms in total. The summed E-state index contributed by atoms with van der Waals surface area (Å²) in [6, 6.07) is 0. The molecule has 0 aliphatic rings. The first kappa shape index (κ1) is 14.6. The van der Waals surface area contributed by atoms with E-state index in [0.29, 0.717) is 0 Å². The highest BCUT2D eigenvalue weighted by atomic mass is 31.2. The molecule has 0 saturated carbocycles. The Labute approximate surface area is 75.4 Å². The minimum atomic E-state index is -7.83. The molecule has 0 N–H and O–H groups in total. The van der Waals surface area contributed by atoms with Crippen LogP contribution in [0, 0.1) is 0 Å². The molecule has 0 aromatic carbocycles. The second-order valence-corrected chi connectivity index (χ2v) is 4.32. The Morgan fingerprint density at radius 2 is 1.00 bits per heavy atom. The highest BCUT2D eigenvalue weighted by Gasteiger charge is 2.73. The molecule has 0 radical (unpaired) electrons. The summed E-state index contributed by atoms with van der Waals surface area (Å²) >= 11 is 0. The first-order chi connectivity index (χ1) is 6.21. The van der Waals surface area contributed by atoms with Gasteiger partial charge in [0, 0.05) is 0 Å². The third-order valence-corrected chi connectivity index (χ3v) is 2.70. The van der Waals surface area contributed by atoms with Gasteiger partial charge in [0.15, 0.2) is 0 Å². The lowest BCUT2D eigenvalue weighted by atomic mass is 11.4. The lowest BCUT2D eigenvalue weighted by Crippen LogP contribution is -2.28. The van der Waals surface area contributed by atoms with Crippen molar-refractivity contribution in [3.8, 4) is 0 Å². The monoisotopic (exact) mass is 270 g/mol. The lowest BCUT2D eigenvalue weighted by Gasteiger charge is -2.23. The highest BCUT2D eigenvalue weighted by molar-refractivity contribution is 7.61. The van der Waals surface area contributed by atoms with E-state index in [0.717, 1.165) is 0 Å². The molecule has 0 saturated heterocycles. The lowest BCUT2D eigenvalue weighted by molar-refractivity contribution is -0.287. The van der Waals surface area contributed by atoms with Crippen LogP contribution < -0.4 is 0 Å². The first-order valence-corrected chi connectivity index (χ1v) is 4.34. The molecule has 0 fully saturated rings. The quantitative estimate of drug-likeness (QED) is 0.534. The van der Waals surface area contributed by atoms with Crippen LogP contribution in [0.1, 0.15) is 0 Å². The van der Waals surface area contributed by atoms with Gasteiger partial charge in [0.05, 0.1) is 0 Å². The van der Waals surface area contributed by atoms with Gasteiger partial charge in [0.2, 0.25) is 0 Å². The van der Waals surface area contributed by atoms with Gasteiger partial charge < -0.3 is 0 Å². The zero-order chi connectivity index (χ0) is 12.7. The Bertz CT molecular complexity index is 253. The third kappa shape index (κ3) is 3.26. The van der Waals surface area contributed by atoms with Gasteiger partial charge in [0.1, 0.15) is 0 Å². The van der Waals surface area contributed by atoms with Crippen molar-refractivity contribution < 1.29 is 48.6 Å². The van der Waals surface area contributed by atoms with E-state index in [2.05, 4.69) is 0 Å². The van der Waals surface area contributed by atoms with E-state index in [4.69, 9.17) is 0 Å². The zero-order valence-electron chi connectivity index (χ0n) is 6.17. The van der Waals surface area contributed by atoms with Gasteiger partial charge in [-0.3, -0.25) is 4.57 Å². The van der Waals surface area contributed by atoms with Gasteiger partial charge in [-0.2, -0.15) is 26.3 Å². The Morgan fingerprint density at radius 3 is 1.07 bits per heavy atom. The van der Waals surface area contributed by atoms with Crippen LogP contribution in [-0.4, -0.2) is 18.2 Å². The van der Waals surface area contributed by atoms with Gasteiger partial charge in [-0.25, -0.2) is 4.52 Å². The predicted molar refractivity (Wildman–Crippen MR) is 26.9 cm³/mol. The zero-order valence-corrected chi connectivity index (χ0v) is 7.06. The molecule has 0 aliphatic carbocycles. The van der Waals surface area contributed by atoms with Crippen LogP contribution >= 0.6 is 7.37 Å². The molecule has 12 heteroatoms. The molecule has 0 rings (SSSR count). The largest absolute Gasteiger partial charge is 0.528 e. The van der Waals surface area contributed by atoms with Gasteiger partial charge in [-0.05, 0) is 0 Å². The van der Waals surface area contributed by atoms with Crippen molar-refractivity contribution in [3.05, 3.63) is 0 Å². The summed E-state index contributed by atoms with van der Waals surface area (Å²) in [6.07, 6.45) is -6.30. The number of hydrogen-bond donors (Lipinski definition) is 0. The molecule has 0 amide bonds. The molecule has 0 aromatic rings. The summed E-state index contributed by atoms with van der Waals surface area (Å²) in [6.45, 7) is 0. The fourth-order valence-electron chi connectivity index (χ4n) is 0.393. The van der Waals surface area contributed by atoms with Gasteiger partial charge >= 0.3 is 25.6 Å². The van der Waals surface area contributed by atoms with Crippen LogP contribution in [0.3, 0.4) is 0 Å². The van der Waals surface area contributed by atoms with Crippen LogP contribution in [0.25, 0.3) is 0 Å². The second-order valence-electron chi connectivity index (χ2n) is 2.02. The fraction of sp³-hybridized carbons (Fsp3) is 1.00. The normalized spacial score (nSPS) is 15.5. The fourth-order valence-corrected chi connectivity index (χ4v) is 1.18. The Hall–Kier alpha value is -0.440. The SMILES string of the molecule is O=P(OC(F)(F)F)(C(F)(F)F)C(F)(F)F. The third-order valence-electron chi connectivity index (χ3n) is 0.900. The second kappa shape index (κ2) is 3.55. The first-order valence-electron chi connectivity index (χ1n) is 2.72. The number of rotatable bonds is 1. The van der Waals surface area contributed by atoms with Gasteiger partial charge in [-0.1, -0.05) is 0 Å². The van der Waals surface area contributed by atoms with Crippen molar-refractivity contribution in [2.45, 2.75) is 18.2 Å². The van der Waals surface area contributed by atoms with E-state index < -0.39 is 25.6 Å². The molecule has 0 heterocycles. The number of hydrogen-bond acceptors (Lipinski definition) is 2. The Morgan fingerprint density at radius 1 is 0.733 bits per heavy atom. The average Bonchev–Trinajstić information content (AvgIpc) is 1.77. The molecule has 0 bridgehead atoms. The molecule has 0 atom stereocenters. The number of halogens is 9. The minimum absolute atomic E-state index is 1.66. The van der Waals surface area contributed by atoms with Crippen LogP contribution in [0.4, 0.5) is 39.5 Å². The van der Waals surface area contributed by atoms with Crippen molar-refractivity contribution in [1.29, 1.82) is 0 Å². The van der Waals surface area contributed by atoms with E-state index >= 15 is 0 Å². The molecule has 0 spiro atoms. The summed E-state index contributed by atoms with van der Waals surface area (Å²) in [5, 5.41) is 0. The van der Waals surface area contributed by atoms with Crippen molar-refractivity contribution in [2.75, 3.05) is 0 Å². The standard InChI is InChI=1S/C3F9O2P/c4-1(5,6)14-15(13,2(7,8)9)3(10,11)12. The Kier molecular flexibility index (Phi) is 3.44. The van der Waals surface area contributed by atoms with Crippen molar-refractivity contribution in [3.63, 3.8) is 0 Å². The summed E-state index contributed by atoms with van der Waals surface area (Å²) in [7, 11) is -7.83. The predicted octanol–water partition coefficient (Wildman–Crippen LogP) is 3.84. The average molecular weight is 270 g/mol. The summed E-state index contributed by atoms with van der Waals surface area (Å²) < 4.78 is 115. The van der Waals surface area contributed by atoms with Crippen LogP contribution in [0.2, 0.25) is 0 Å². The highest BCUT2D eigenvalue weighted by Crippen LogP contribution is 2.73. The summed E-state index contributed by atoms with van der Waals surface area (Å²) in [5.74, 6) is -13.3. The van der Waals surface area contributed by atoms with E-state index in [9.17, 15) is 44.1 Å². The summed E-state index contributed by atoms with van der Waals surface area (Å²) in [4.78, 5) is 0. The maximum absolute atomic E-state index is 11.5. The molecule has 0 aliphatic heterocycles. The van der Waals surface area contributed by atoms with Crippen LogP contribution in [0.15, 0.2) is 0 Å². The summed E-state index contributed by atoms with van der Waals surface area (Å²) in [5.41, 5.74) is 0. The van der Waals surface area contributed by atoms with E-state index in [-0.39, 0.29) is 0 Å². The molecule has 92 valence electrons. The van der Waals surface area contributed by atoms with Crippen LogP contribution in [-0.2, 0) is 9.09 Å². The Balaban J connectivity index is 5.37. The van der Waals surface area contributed by atoms with E-state index in [1.165, 1.54) is 0 Å². The van der Waals surface area contributed by atoms with E-state index in [1.807, 2.05) is 0 Å². The van der Waals surface area contributed by atoms with Gasteiger partial charge in [0.25, 0.3) is 0 Å². The molecule has 0 unspecified atom stereocenters. The number of alkyl halides is 9. The molecule has 0 aromatic heterocycles. The smallest absolute Gasteiger partial charge is 0.273 e. The van der Waals surface area contributed by atoms with Crippen molar-refractivity contribution in [2.24, 2.45) is 0 Å².